The van der Waals surface area contributed by atoms with Crippen LogP contribution in [0.2, 0.25) is 0 Å². The zero-order chi connectivity index (χ0) is 82.9. The number of amides is 14. The van der Waals surface area contributed by atoms with E-state index in [-0.39, 0.29) is 62.9 Å². The second-order valence-electron chi connectivity index (χ2n) is 28.7. The molecule has 0 saturated carbocycles. The van der Waals surface area contributed by atoms with Gasteiger partial charge in [0, 0.05) is 78.4 Å². The summed E-state index contributed by atoms with van der Waals surface area (Å²) in [7, 11) is 0. The van der Waals surface area contributed by atoms with Gasteiger partial charge in [-0.3, -0.25) is 72.5 Å². The molecule has 14 amide bonds. The lowest BCUT2D eigenvalue weighted by atomic mass is 9.96. The molecular formula is C77H101N21O15S. The van der Waals surface area contributed by atoms with Gasteiger partial charge >= 0.3 is 0 Å². The van der Waals surface area contributed by atoms with E-state index in [1.54, 1.807) is 109 Å². The molecular weight excluding hydrogens is 1490 g/mol. The normalized spacial score (nSPS) is 23.0. The molecule has 0 bridgehead atoms. The van der Waals surface area contributed by atoms with E-state index in [2.05, 4.69) is 89.1 Å². The van der Waals surface area contributed by atoms with Crippen molar-refractivity contribution in [2.45, 2.75) is 159 Å². The van der Waals surface area contributed by atoms with Crippen LogP contribution < -0.4 is 86.3 Å². The highest BCUT2D eigenvalue weighted by Crippen LogP contribution is 2.24. The van der Waals surface area contributed by atoms with Crippen LogP contribution >= 0.6 is 11.8 Å². The molecule has 12 atom stereocenters. The molecule has 8 rings (SSSR count). The fourth-order valence-electron chi connectivity index (χ4n) is 12.9. The number of nitrogens with one attached hydrogen (secondary N) is 17. The monoisotopic (exact) mass is 1590 g/mol. The van der Waals surface area contributed by atoms with E-state index in [0.717, 1.165) is 22.5 Å². The summed E-state index contributed by atoms with van der Waals surface area (Å²) in [5.74, 6) is -17.0. The molecule has 1 saturated heterocycles. The van der Waals surface area contributed by atoms with Crippen LogP contribution in [-0.4, -0.2) is 211 Å². The van der Waals surface area contributed by atoms with Gasteiger partial charge in [-0.1, -0.05) is 127 Å². The van der Waals surface area contributed by atoms with Crippen LogP contribution in [-0.2, 0) is 92.8 Å². The number of benzene rings is 4. The lowest BCUT2D eigenvalue weighted by Gasteiger charge is -2.29. The Morgan fingerprint density at radius 3 is 1.58 bits per heavy atom. The molecule has 0 unspecified atom stereocenters. The first kappa shape index (κ1) is 87.2. The van der Waals surface area contributed by atoms with E-state index in [1.165, 1.54) is 12.5 Å². The van der Waals surface area contributed by atoms with Gasteiger partial charge in [0.05, 0.1) is 37.3 Å². The predicted octanol–water partition coefficient (Wildman–Crippen LogP) is -2.03. The van der Waals surface area contributed by atoms with Gasteiger partial charge in [-0.15, -0.1) is 11.8 Å². The van der Waals surface area contributed by atoms with Gasteiger partial charge < -0.3 is 106 Å². The van der Waals surface area contributed by atoms with Crippen molar-refractivity contribution in [3.05, 3.63) is 138 Å². The van der Waals surface area contributed by atoms with Gasteiger partial charge in [0.2, 0.25) is 82.7 Å². The Labute approximate surface area is 660 Å². The molecule has 1 fully saturated rings. The number of rotatable bonds is 20. The average molecular weight is 1590 g/mol. The maximum Gasteiger partial charge on any atom is 0.245 e. The third kappa shape index (κ3) is 25.0. The third-order valence-corrected chi connectivity index (χ3v) is 20.4. The van der Waals surface area contributed by atoms with Crippen molar-refractivity contribution in [2.75, 3.05) is 31.2 Å². The number of guanidine groups is 1. The first-order valence-electron chi connectivity index (χ1n) is 37.4. The van der Waals surface area contributed by atoms with Crippen LogP contribution in [0.15, 0.2) is 116 Å². The second-order valence-corrected chi connectivity index (χ2v) is 29.7. The summed E-state index contributed by atoms with van der Waals surface area (Å²) in [6, 6.07) is 9.75. The number of aliphatic hydroxyl groups is 1. The highest BCUT2D eigenvalue weighted by atomic mass is 32.2. The molecule has 0 aliphatic carbocycles. The van der Waals surface area contributed by atoms with Crippen molar-refractivity contribution < 1.29 is 72.2 Å². The number of imidazole rings is 1. The predicted molar refractivity (Wildman–Crippen MR) is 424 cm³/mol. The van der Waals surface area contributed by atoms with Crippen LogP contribution in [0.1, 0.15) is 89.6 Å². The number of primary amides is 2. The number of carbonyl (C=O) groups excluding carboxylic acids is 14. The van der Waals surface area contributed by atoms with Crippen LogP contribution in [0.4, 0.5) is 0 Å². The largest absolute Gasteiger partial charge is 0.394 e. The Bertz CT molecular complexity index is 4620. The zero-order valence-electron chi connectivity index (χ0n) is 64.0. The summed E-state index contributed by atoms with van der Waals surface area (Å²) in [6.45, 7) is 7.80. The molecule has 24 N–H and O–H groups in total. The van der Waals surface area contributed by atoms with Crippen molar-refractivity contribution in [3.63, 3.8) is 0 Å². The molecule has 114 heavy (non-hydrogen) atoms. The number of para-hydroxylation sites is 2. The third-order valence-electron chi connectivity index (χ3n) is 19.3. The first-order valence-corrected chi connectivity index (χ1v) is 38.5. The molecule has 1 aliphatic heterocycles. The van der Waals surface area contributed by atoms with Gasteiger partial charge in [0.1, 0.15) is 66.5 Å². The number of fused-ring (bicyclic) bond motifs is 3. The number of nitrogens with two attached hydrogens (primary N) is 3. The number of nitrogens with zero attached hydrogens (tertiary/aromatic N) is 1. The second kappa shape index (κ2) is 41.7. The minimum Gasteiger partial charge on any atom is -0.394 e. The molecule has 4 aromatic carbocycles. The fraction of sp³-hybridized carbons (Fsp3) is 0.429. The number of carbonyl (C=O) groups is 14. The highest BCUT2D eigenvalue weighted by Gasteiger charge is 2.39. The standard InChI is InChI=1S/C77H101N21O15S/c1-7-41(6)65-76(113)94-58(35-99)67(104)86-34-61(101)88-52(21-14-24-83-77(80)81)68(105)92-57(30-60(78)100)70(107)91-55(28-46-32-85-51-20-13-11-18-49(46)51)73(110)96-63(39(2)3)74(111)93-56(29-47-33-82-38-87-47)69(106)90-54(27-45-31-84-50-19-12-10-17-48(45)50)72(109)97-64(40(4)5)75(112)95-59(66(79)103)36-114-37-62(102)89-53(71(108)98-65)26-42-22-23-43-15-8-9-16-44(43)25-42/h8-13,15-20,22-23,25,31-33,38-41,52-59,63-65,84-85,99H,7,14,21,24,26-30,34-37H2,1-6H3,(H2,78,100)(H2,79,103)(H,82,87)(H,86,104)(H,88,101)(H,89,102)(H,90,106)(H,91,107)(H,92,105)(H,93,111)(H,94,113)(H,95,112)(H,96,110)(H,97,109)(H,98,108)(H4,80,81,83)/t41-,52-,53-,54-,55+,56-,57-,58-,59-,63+,64-,65-/m0/s1. The summed E-state index contributed by atoms with van der Waals surface area (Å²) in [6.07, 6.45) is 4.25. The molecule has 0 radical (unpaired) electrons. The summed E-state index contributed by atoms with van der Waals surface area (Å²) < 4.78 is 0. The molecule has 3 aromatic heterocycles. The average Bonchev–Trinajstić information content (AvgIpc) is 1.70. The zero-order valence-corrected chi connectivity index (χ0v) is 64.8. The Kier molecular flexibility index (Phi) is 31.9. The smallest absolute Gasteiger partial charge is 0.245 e. The van der Waals surface area contributed by atoms with Crippen LogP contribution in [0.25, 0.3) is 32.6 Å². The molecule has 36 nitrogen and oxygen atoms in total. The number of hydrogen-bond acceptors (Lipinski definition) is 18. The van der Waals surface area contributed by atoms with E-state index in [4.69, 9.17) is 22.6 Å². The molecule has 37 heteroatoms. The Balaban J connectivity index is 1.15. The topological polar surface area (TPSA) is 578 Å². The maximum absolute atomic E-state index is 15.2. The van der Waals surface area contributed by atoms with E-state index >= 15 is 19.2 Å². The number of H-pyrrole nitrogens is 3. The van der Waals surface area contributed by atoms with Crippen molar-refractivity contribution in [3.8, 4) is 0 Å². The lowest BCUT2D eigenvalue weighted by molar-refractivity contribution is -0.137. The first-order chi connectivity index (χ1) is 54.4. The van der Waals surface area contributed by atoms with Crippen LogP contribution in [0.5, 0.6) is 0 Å². The van der Waals surface area contributed by atoms with Crippen LogP contribution in [0, 0.1) is 23.2 Å². The molecule has 4 heterocycles. The van der Waals surface area contributed by atoms with Crippen molar-refractivity contribution in [1.82, 2.24) is 89.1 Å². The number of thioether (sulfide) groups is 1. The fourth-order valence-corrected chi connectivity index (χ4v) is 13.7. The van der Waals surface area contributed by atoms with E-state index in [0.29, 0.717) is 38.5 Å². The van der Waals surface area contributed by atoms with Gasteiger partial charge in [0.15, 0.2) is 5.96 Å². The lowest BCUT2D eigenvalue weighted by Crippen LogP contribution is -2.62. The van der Waals surface area contributed by atoms with E-state index in [1.807, 2.05) is 36.4 Å². The summed E-state index contributed by atoms with van der Waals surface area (Å²) in [5.41, 5.74) is 20.3. The maximum atomic E-state index is 15.2. The van der Waals surface area contributed by atoms with Gasteiger partial charge in [0.25, 0.3) is 0 Å². The molecule has 0 spiro atoms. The number of hydrogen-bond donors (Lipinski definition) is 21. The van der Waals surface area contributed by atoms with Crippen molar-refractivity contribution >= 4 is 133 Å². The summed E-state index contributed by atoms with van der Waals surface area (Å²) in [5, 5.41) is 55.1. The molecule has 1 aliphatic rings. The van der Waals surface area contributed by atoms with Crippen molar-refractivity contribution in [1.29, 1.82) is 5.41 Å². The van der Waals surface area contributed by atoms with E-state index in [9.17, 15) is 53.1 Å². The minimum atomic E-state index is -1.88. The summed E-state index contributed by atoms with van der Waals surface area (Å²) >= 11 is 0.860. The number of aliphatic hydroxyl groups excluding tert-OH is 1. The SMILES string of the molecule is CC[C@H](C)[C@@H]1NC(=O)[C@H](Cc2ccc3ccccc3c2)NC(=O)CSC[C@@H](C(N)=O)NC(=O)[C@H](C(C)C)NC(=O)[C@H](Cc2c[nH]c3ccccc23)NC(=O)[C@H](Cc2c[nH]cn2)NC(=O)[C@@H](C(C)C)NC(=O)[C@@H](Cc2c[nH]c3ccccc23)NC(=O)[C@H](CC(N)=O)NC(=O)[C@H](CCCNC(=N)N)NC(=O)CNC(=O)[C@H](CO)NC1=O. The summed E-state index contributed by atoms with van der Waals surface area (Å²) in [4.78, 5) is 215. The quantitative estimate of drug-likeness (QED) is 0.0222. The van der Waals surface area contributed by atoms with E-state index < -0.39 is 198 Å². The molecule has 7 aromatic rings. The highest BCUT2D eigenvalue weighted by molar-refractivity contribution is 8.00. The Morgan fingerprint density at radius 2 is 1.03 bits per heavy atom. The van der Waals surface area contributed by atoms with Gasteiger partial charge in [-0.05, 0) is 70.2 Å². The molecule has 610 valence electrons. The Morgan fingerprint density at radius 1 is 0.535 bits per heavy atom. The number of aromatic amines is 3. The number of aromatic nitrogens is 4. The Hall–Kier alpha value is -12.4. The van der Waals surface area contributed by atoms with Crippen molar-refractivity contribution in [2.24, 2.45) is 35.0 Å². The van der Waals surface area contributed by atoms with Gasteiger partial charge in [-0.25, -0.2) is 4.98 Å². The van der Waals surface area contributed by atoms with Crippen LogP contribution in [0.3, 0.4) is 0 Å². The minimum absolute atomic E-state index is 0.0173. The van der Waals surface area contributed by atoms with Gasteiger partial charge in [-0.2, -0.15) is 0 Å².